The quantitative estimate of drug-likeness (QED) is 0.752. The van der Waals surface area contributed by atoms with E-state index in [1.54, 1.807) is 4.90 Å². The third-order valence-corrected chi connectivity index (χ3v) is 3.36. The smallest absolute Gasteiger partial charge is 0.246 e. The van der Waals surface area contributed by atoms with Crippen molar-refractivity contribution >= 4 is 29.2 Å². The first kappa shape index (κ1) is 14.4. The van der Waals surface area contributed by atoms with Crippen molar-refractivity contribution in [3.8, 4) is 0 Å². The van der Waals surface area contributed by atoms with Crippen molar-refractivity contribution in [3.63, 3.8) is 0 Å². The van der Waals surface area contributed by atoms with Gasteiger partial charge >= 0.3 is 0 Å². The normalized spacial score (nSPS) is 15.7. The molecule has 20 heavy (non-hydrogen) atoms. The van der Waals surface area contributed by atoms with Gasteiger partial charge in [-0.3, -0.25) is 4.79 Å². The molecule has 0 spiro atoms. The molecular weight excluding hydrogens is 280 g/mol. The number of benzene rings is 1. The molecule has 0 saturated carbocycles. The molecule has 1 fully saturated rings. The Morgan fingerprint density at radius 1 is 1.15 bits per heavy atom. The van der Waals surface area contributed by atoms with Crippen molar-refractivity contribution in [2.75, 3.05) is 31.1 Å². The minimum Gasteiger partial charge on any atom is -0.545 e. The van der Waals surface area contributed by atoms with Crippen molar-refractivity contribution in [1.82, 2.24) is 4.90 Å². The number of carbonyl (C=O) groups is 2. The molecule has 1 heterocycles. The molecule has 106 valence electrons. The zero-order valence-electron chi connectivity index (χ0n) is 10.8. The minimum atomic E-state index is -1.36. The van der Waals surface area contributed by atoms with Gasteiger partial charge in [0.15, 0.2) is 0 Å². The molecule has 0 bridgehead atoms. The lowest BCUT2D eigenvalue weighted by Gasteiger charge is -2.35. The second-order valence-electron chi connectivity index (χ2n) is 4.44. The number of halogens is 1. The van der Waals surface area contributed by atoms with E-state index in [1.807, 2.05) is 24.3 Å². The van der Waals surface area contributed by atoms with E-state index in [4.69, 9.17) is 11.6 Å². The minimum absolute atomic E-state index is 0.306. The summed E-state index contributed by atoms with van der Waals surface area (Å²) in [5, 5.41) is 10.9. The average Bonchev–Trinajstić information content (AvgIpc) is 2.45. The van der Waals surface area contributed by atoms with Crippen LogP contribution in [0.1, 0.15) is 0 Å². The summed E-state index contributed by atoms with van der Waals surface area (Å²) in [4.78, 5) is 25.7. The lowest BCUT2D eigenvalue weighted by Crippen LogP contribution is -2.48. The summed E-state index contributed by atoms with van der Waals surface area (Å²) in [6, 6.07) is 7.56. The molecular formula is C14H14ClN2O3-. The number of aliphatic carboxylic acids is 1. The van der Waals surface area contributed by atoms with Crippen LogP contribution >= 0.6 is 11.6 Å². The van der Waals surface area contributed by atoms with Gasteiger partial charge in [-0.15, -0.1) is 0 Å². The summed E-state index contributed by atoms with van der Waals surface area (Å²) in [5.74, 6) is -1.67. The number of rotatable bonds is 3. The second-order valence-corrected chi connectivity index (χ2v) is 4.88. The second kappa shape index (κ2) is 6.43. The van der Waals surface area contributed by atoms with E-state index >= 15 is 0 Å². The fourth-order valence-corrected chi connectivity index (χ4v) is 2.29. The predicted octanol–water partition coefficient (Wildman–Crippen LogP) is 0.295. The number of hydrogen-bond acceptors (Lipinski definition) is 4. The van der Waals surface area contributed by atoms with Crippen LogP contribution in [0, 0.1) is 0 Å². The van der Waals surface area contributed by atoms with Crippen LogP contribution in [0.15, 0.2) is 36.4 Å². The predicted molar refractivity (Wildman–Crippen MR) is 74.4 cm³/mol. The molecule has 0 N–H and O–H groups in total. The van der Waals surface area contributed by atoms with Gasteiger partial charge in [0.1, 0.15) is 0 Å². The molecule has 5 nitrogen and oxygen atoms in total. The fourth-order valence-electron chi connectivity index (χ4n) is 2.10. The van der Waals surface area contributed by atoms with Crippen molar-refractivity contribution in [2.24, 2.45) is 0 Å². The Morgan fingerprint density at radius 2 is 1.85 bits per heavy atom. The summed E-state index contributed by atoms with van der Waals surface area (Å²) < 4.78 is 0. The Morgan fingerprint density at radius 3 is 2.45 bits per heavy atom. The number of piperazine rings is 1. The van der Waals surface area contributed by atoms with Gasteiger partial charge in [0.25, 0.3) is 0 Å². The number of carboxylic acid groups (broad SMARTS) is 1. The molecule has 0 aromatic heterocycles. The van der Waals surface area contributed by atoms with E-state index in [2.05, 4.69) is 4.90 Å². The molecule has 1 aromatic carbocycles. The molecule has 2 rings (SSSR count). The lowest BCUT2D eigenvalue weighted by molar-refractivity contribution is -0.297. The number of carbonyl (C=O) groups excluding carboxylic acids is 2. The Kier molecular flexibility index (Phi) is 4.63. The van der Waals surface area contributed by atoms with Gasteiger partial charge in [-0.1, -0.05) is 17.7 Å². The Balaban J connectivity index is 1.92. The maximum Gasteiger partial charge on any atom is 0.246 e. The van der Waals surface area contributed by atoms with E-state index in [9.17, 15) is 14.7 Å². The number of amides is 1. The van der Waals surface area contributed by atoms with Gasteiger partial charge < -0.3 is 19.7 Å². The molecule has 1 saturated heterocycles. The SMILES string of the molecule is O=C([O-])/C=C/C(=O)N1CCN(c2cccc(Cl)c2)CC1. The highest BCUT2D eigenvalue weighted by Gasteiger charge is 2.19. The maximum atomic E-state index is 11.7. The largest absolute Gasteiger partial charge is 0.545 e. The molecule has 1 aliphatic heterocycles. The molecule has 6 heteroatoms. The molecule has 1 aromatic rings. The third-order valence-electron chi connectivity index (χ3n) is 3.13. The molecule has 0 atom stereocenters. The Labute approximate surface area is 122 Å². The molecule has 1 aliphatic rings. The van der Waals surface area contributed by atoms with Crippen LogP contribution in [0.2, 0.25) is 5.02 Å². The average molecular weight is 294 g/mol. The van der Waals surface area contributed by atoms with E-state index in [1.165, 1.54) is 0 Å². The topological polar surface area (TPSA) is 63.7 Å². The highest BCUT2D eigenvalue weighted by Crippen LogP contribution is 2.20. The van der Waals surface area contributed by atoms with Gasteiger partial charge in [0.05, 0.1) is 5.97 Å². The van der Waals surface area contributed by atoms with Crippen LogP contribution in [0.3, 0.4) is 0 Å². The first-order valence-corrected chi connectivity index (χ1v) is 6.62. The van der Waals surface area contributed by atoms with Crippen molar-refractivity contribution in [3.05, 3.63) is 41.4 Å². The Bertz CT molecular complexity index is 537. The van der Waals surface area contributed by atoms with Crippen LogP contribution in [0.25, 0.3) is 0 Å². The third kappa shape index (κ3) is 3.74. The van der Waals surface area contributed by atoms with Crippen LogP contribution in [0.4, 0.5) is 5.69 Å². The standard InChI is InChI=1S/C14H15ClN2O3/c15-11-2-1-3-12(10-11)16-6-8-17(9-7-16)13(18)4-5-14(19)20/h1-5,10H,6-9H2,(H,19,20)/p-1/b5-4+. The van der Waals surface area contributed by atoms with E-state index in [0.29, 0.717) is 31.2 Å². The molecule has 0 unspecified atom stereocenters. The fraction of sp³-hybridized carbons (Fsp3) is 0.286. The first-order valence-electron chi connectivity index (χ1n) is 6.25. The molecule has 1 amide bonds. The summed E-state index contributed by atoms with van der Waals surface area (Å²) in [6.45, 7) is 2.46. The van der Waals surface area contributed by atoms with E-state index < -0.39 is 5.97 Å². The van der Waals surface area contributed by atoms with Crippen molar-refractivity contribution in [1.29, 1.82) is 0 Å². The number of hydrogen-bond donors (Lipinski definition) is 0. The summed E-state index contributed by atoms with van der Waals surface area (Å²) in [6.07, 6.45) is 1.79. The van der Waals surface area contributed by atoms with Gasteiger partial charge in [-0.25, -0.2) is 0 Å². The van der Waals surface area contributed by atoms with Gasteiger partial charge in [-0.05, 0) is 24.3 Å². The maximum absolute atomic E-state index is 11.7. The van der Waals surface area contributed by atoms with Crippen LogP contribution < -0.4 is 10.0 Å². The van der Waals surface area contributed by atoms with Gasteiger partial charge in [-0.2, -0.15) is 0 Å². The molecule has 0 radical (unpaired) electrons. The monoisotopic (exact) mass is 293 g/mol. The zero-order valence-corrected chi connectivity index (χ0v) is 11.5. The highest BCUT2D eigenvalue weighted by atomic mass is 35.5. The number of anilines is 1. The summed E-state index contributed by atoms with van der Waals surface area (Å²) >= 11 is 5.95. The van der Waals surface area contributed by atoms with E-state index in [-0.39, 0.29) is 5.91 Å². The van der Waals surface area contributed by atoms with Crippen molar-refractivity contribution < 1.29 is 14.7 Å². The number of carboxylic acids is 1. The van der Waals surface area contributed by atoms with Crippen LogP contribution in [-0.2, 0) is 9.59 Å². The van der Waals surface area contributed by atoms with Crippen LogP contribution in [0.5, 0.6) is 0 Å². The summed E-state index contributed by atoms with van der Waals surface area (Å²) in [7, 11) is 0. The van der Waals surface area contributed by atoms with Gasteiger partial charge in [0.2, 0.25) is 5.91 Å². The van der Waals surface area contributed by atoms with Crippen LogP contribution in [-0.4, -0.2) is 43.0 Å². The molecule has 0 aliphatic carbocycles. The van der Waals surface area contributed by atoms with Gasteiger partial charge in [0, 0.05) is 43.0 Å². The Hall–Kier alpha value is -2.01. The number of nitrogens with zero attached hydrogens (tertiary/aromatic N) is 2. The first-order chi connectivity index (χ1) is 9.56. The van der Waals surface area contributed by atoms with Crippen molar-refractivity contribution in [2.45, 2.75) is 0 Å². The summed E-state index contributed by atoms with van der Waals surface area (Å²) in [5.41, 5.74) is 1.02. The lowest BCUT2D eigenvalue weighted by atomic mass is 10.2. The van der Waals surface area contributed by atoms with E-state index in [0.717, 1.165) is 17.8 Å². The zero-order chi connectivity index (χ0) is 14.5. The highest BCUT2D eigenvalue weighted by molar-refractivity contribution is 6.30.